The summed E-state index contributed by atoms with van der Waals surface area (Å²) in [5.74, 6) is 1.63. The molecule has 0 saturated carbocycles. The topological polar surface area (TPSA) is 29.9 Å². The molecule has 0 bridgehead atoms. The van der Waals surface area contributed by atoms with E-state index in [0.717, 1.165) is 22.9 Å². The fraction of sp³-hybridized carbons (Fsp3) is 0.0625. The average molecular weight is 282 g/mol. The van der Waals surface area contributed by atoms with Gasteiger partial charge in [0.15, 0.2) is 4.77 Å². The van der Waals surface area contributed by atoms with E-state index in [2.05, 4.69) is 4.98 Å². The first-order valence-electron chi connectivity index (χ1n) is 6.34. The normalized spacial score (nSPS) is 10.4. The summed E-state index contributed by atoms with van der Waals surface area (Å²) in [6.45, 7) is 1.99. The third-order valence-electron chi connectivity index (χ3n) is 2.94. The SMILES string of the molecule is Cc1cn(-c2ccc(Oc3ccccc3)cc2)c(=S)[nH]1. The van der Waals surface area contributed by atoms with Gasteiger partial charge in [0.1, 0.15) is 11.5 Å². The van der Waals surface area contributed by atoms with Crippen LogP contribution in [0.15, 0.2) is 60.8 Å². The van der Waals surface area contributed by atoms with Crippen molar-refractivity contribution in [1.82, 2.24) is 9.55 Å². The minimum atomic E-state index is 0.694. The number of imidazole rings is 1. The molecule has 0 aliphatic heterocycles. The molecule has 0 spiro atoms. The van der Waals surface area contributed by atoms with Gasteiger partial charge in [-0.2, -0.15) is 0 Å². The summed E-state index contributed by atoms with van der Waals surface area (Å²) in [4.78, 5) is 3.11. The van der Waals surface area contributed by atoms with Gasteiger partial charge in [0.05, 0.1) is 0 Å². The van der Waals surface area contributed by atoms with Crippen LogP contribution >= 0.6 is 12.2 Å². The van der Waals surface area contributed by atoms with Crippen molar-refractivity contribution in [2.45, 2.75) is 6.92 Å². The van der Waals surface area contributed by atoms with Gasteiger partial charge in [-0.15, -0.1) is 0 Å². The van der Waals surface area contributed by atoms with Gasteiger partial charge in [-0.25, -0.2) is 0 Å². The fourth-order valence-corrected chi connectivity index (χ4v) is 2.32. The van der Waals surface area contributed by atoms with E-state index in [9.17, 15) is 0 Å². The third-order valence-corrected chi connectivity index (χ3v) is 3.24. The summed E-state index contributed by atoms with van der Waals surface area (Å²) in [6.07, 6.45) is 1.98. The van der Waals surface area contributed by atoms with Crippen molar-refractivity contribution in [3.8, 4) is 17.2 Å². The lowest BCUT2D eigenvalue weighted by molar-refractivity contribution is 0.482. The summed E-state index contributed by atoms with van der Waals surface area (Å²) in [5, 5.41) is 0. The number of rotatable bonds is 3. The van der Waals surface area contributed by atoms with Crippen LogP contribution in [0.5, 0.6) is 11.5 Å². The highest BCUT2D eigenvalue weighted by atomic mass is 32.1. The van der Waals surface area contributed by atoms with Crippen molar-refractivity contribution in [2.75, 3.05) is 0 Å². The van der Waals surface area contributed by atoms with Crippen LogP contribution in [0.3, 0.4) is 0 Å². The maximum atomic E-state index is 5.76. The smallest absolute Gasteiger partial charge is 0.181 e. The summed E-state index contributed by atoms with van der Waals surface area (Å²) in [6, 6.07) is 17.6. The zero-order chi connectivity index (χ0) is 13.9. The standard InChI is InChI=1S/C16H14N2OS/c1-12-11-18(16(20)17-12)13-7-9-15(10-8-13)19-14-5-3-2-4-6-14/h2-11H,1H3,(H,17,20). The monoisotopic (exact) mass is 282 g/mol. The zero-order valence-electron chi connectivity index (χ0n) is 11.0. The van der Waals surface area contributed by atoms with Gasteiger partial charge in [0.25, 0.3) is 0 Å². The summed E-state index contributed by atoms with van der Waals surface area (Å²) in [5.41, 5.74) is 2.05. The van der Waals surface area contributed by atoms with Gasteiger partial charge >= 0.3 is 0 Å². The summed E-state index contributed by atoms with van der Waals surface area (Å²) >= 11 is 5.27. The molecule has 4 heteroatoms. The second-order valence-electron chi connectivity index (χ2n) is 4.52. The van der Waals surface area contributed by atoms with Gasteiger partial charge in [0.2, 0.25) is 0 Å². The minimum absolute atomic E-state index is 0.694. The molecule has 0 unspecified atom stereocenters. The van der Waals surface area contributed by atoms with Gasteiger partial charge in [-0.3, -0.25) is 4.57 Å². The highest BCUT2D eigenvalue weighted by Gasteiger charge is 2.01. The molecule has 3 rings (SSSR count). The first-order chi connectivity index (χ1) is 9.72. The number of benzene rings is 2. The van der Waals surface area contributed by atoms with E-state index in [4.69, 9.17) is 17.0 Å². The van der Waals surface area contributed by atoms with Crippen LogP contribution in [0.2, 0.25) is 0 Å². The molecular weight excluding hydrogens is 268 g/mol. The lowest BCUT2D eigenvalue weighted by Crippen LogP contribution is -1.92. The van der Waals surface area contributed by atoms with Crippen LogP contribution < -0.4 is 4.74 Å². The molecule has 100 valence electrons. The molecule has 0 aliphatic carbocycles. The predicted octanol–water partition coefficient (Wildman–Crippen LogP) is 4.64. The Morgan fingerprint density at radius 2 is 1.60 bits per heavy atom. The van der Waals surface area contributed by atoms with Crippen LogP contribution in [-0.4, -0.2) is 9.55 Å². The molecule has 3 aromatic rings. The van der Waals surface area contributed by atoms with Crippen molar-refractivity contribution in [1.29, 1.82) is 0 Å². The van der Waals surface area contributed by atoms with Crippen molar-refractivity contribution >= 4 is 12.2 Å². The van der Waals surface area contributed by atoms with Crippen LogP contribution in [0.1, 0.15) is 5.69 Å². The van der Waals surface area contributed by atoms with E-state index in [1.54, 1.807) is 0 Å². The van der Waals surface area contributed by atoms with E-state index in [1.807, 2.05) is 72.3 Å². The molecule has 3 nitrogen and oxygen atoms in total. The van der Waals surface area contributed by atoms with Crippen LogP contribution in [0.25, 0.3) is 5.69 Å². The van der Waals surface area contributed by atoms with E-state index in [1.165, 1.54) is 0 Å². The summed E-state index contributed by atoms with van der Waals surface area (Å²) < 4.78 is 8.40. The predicted molar refractivity (Wildman–Crippen MR) is 82.2 cm³/mol. The number of nitrogens with one attached hydrogen (secondary N) is 1. The Bertz CT molecular complexity index is 757. The lowest BCUT2D eigenvalue weighted by Gasteiger charge is -2.07. The molecule has 0 saturated heterocycles. The lowest BCUT2D eigenvalue weighted by atomic mass is 10.3. The van der Waals surface area contributed by atoms with Gasteiger partial charge in [-0.05, 0) is 55.5 Å². The second kappa shape index (κ2) is 5.35. The number of hydrogen-bond acceptors (Lipinski definition) is 2. The Kier molecular flexibility index (Phi) is 3.39. The van der Waals surface area contributed by atoms with Gasteiger partial charge in [-0.1, -0.05) is 18.2 Å². The van der Waals surface area contributed by atoms with E-state index in [0.29, 0.717) is 4.77 Å². The Balaban J connectivity index is 1.85. The Hall–Kier alpha value is -2.33. The number of aromatic amines is 1. The minimum Gasteiger partial charge on any atom is -0.457 e. The number of aryl methyl sites for hydroxylation is 1. The number of aromatic nitrogens is 2. The maximum Gasteiger partial charge on any atom is 0.181 e. The van der Waals surface area contributed by atoms with Gasteiger partial charge in [0, 0.05) is 17.6 Å². The molecule has 0 fully saturated rings. The largest absolute Gasteiger partial charge is 0.457 e. The number of hydrogen-bond donors (Lipinski definition) is 1. The number of para-hydroxylation sites is 1. The van der Waals surface area contributed by atoms with Crippen molar-refractivity contribution < 1.29 is 4.74 Å². The molecule has 0 aliphatic rings. The number of nitrogens with zero attached hydrogens (tertiary/aromatic N) is 1. The first-order valence-corrected chi connectivity index (χ1v) is 6.75. The molecular formula is C16H14N2OS. The van der Waals surface area contributed by atoms with Crippen LogP contribution in [-0.2, 0) is 0 Å². The highest BCUT2D eigenvalue weighted by Crippen LogP contribution is 2.22. The van der Waals surface area contributed by atoms with Crippen molar-refractivity contribution in [3.05, 3.63) is 71.3 Å². The van der Waals surface area contributed by atoms with Gasteiger partial charge < -0.3 is 9.72 Å². The van der Waals surface area contributed by atoms with Crippen LogP contribution in [0, 0.1) is 11.7 Å². The van der Waals surface area contributed by atoms with E-state index < -0.39 is 0 Å². The Morgan fingerprint density at radius 1 is 0.950 bits per heavy atom. The molecule has 1 aromatic heterocycles. The molecule has 0 amide bonds. The Labute approximate surface area is 122 Å². The van der Waals surface area contributed by atoms with Crippen molar-refractivity contribution in [3.63, 3.8) is 0 Å². The second-order valence-corrected chi connectivity index (χ2v) is 4.91. The van der Waals surface area contributed by atoms with Crippen LogP contribution in [0.4, 0.5) is 0 Å². The third kappa shape index (κ3) is 2.65. The molecule has 2 aromatic carbocycles. The van der Waals surface area contributed by atoms with E-state index >= 15 is 0 Å². The van der Waals surface area contributed by atoms with Crippen molar-refractivity contribution in [2.24, 2.45) is 0 Å². The number of ether oxygens (including phenoxy) is 1. The molecule has 1 heterocycles. The quantitative estimate of drug-likeness (QED) is 0.709. The molecule has 20 heavy (non-hydrogen) atoms. The highest BCUT2D eigenvalue weighted by molar-refractivity contribution is 7.71. The number of H-pyrrole nitrogens is 1. The average Bonchev–Trinajstić information content (AvgIpc) is 2.80. The fourth-order valence-electron chi connectivity index (χ4n) is 2.00. The summed E-state index contributed by atoms with van der Waals surface area (Å²) in [7, 11) is 0. The first kappa shape index (κ1) is 12.7. The zero-order valence-corrected chi connectivity index (χ0v) is 11.9. The van der Waals surface area contributed by atoms with E-state index in [-0.39, 0.29) is 0 Å². The molecule has 0 radical (unpaired) electrons. The maximum absolute atomic E-state index is 5.76. The molecule has 1 N–H and O–H groups in total. The Morgan fingerprint density at radius 3 is 2.20 bits per heavy atom. The molecule has 0 atom stereocenters.